The lowest BCUT2D eigenvalue weighted by Gasteiger charge is -2.12. The third kappa shape index (κ3) is 4.99. The zero-order valence-corrected chi connectivity index (χ0v) is 18.3. The van der Waals surface area contributed by atoms with Crippen molar-refractivity contribution in [2.24, 2.45) is 0 Å². The van der Waals surface area contributed by atoms with Crippen LogP contribution in [0.1, 0.15) is 20.8 Å². The third-order valence-corrected chi connectivity index (χ3v) is 5.83. The minimum atomic E-state index is -1.01. The van der Waals surface area contributed by atoms with Gasteiger partial charge in [-0.25, -0.2) is 14.5 Å². The summed E-state index contributed by atoms with van der Waals surface area (Å²) in [5.41, 5.74) is 3.38. The number of aryl methyl sites for hydroxylation is 1. The van der Waals surface area contributed by atoms with Gasteiger partial charge < -0.3 is 15.7 Å². The van der Waals surface area contributed by atoms with Gasteiger partial charge in [0.1, 0.15) is 12.2 Å². The van der Waals surface area contributed by atoms with Crippen molar-refractivity contribution in [3.8, 4) is 11.1 Å². The topological polar surface area (TPSA) is 116 Å². The van der Waals surface area contributed by atoms with Crippen LogP contribution in [-0.2, 0) is 9.59 Å². The van der Waals surface area contributed by atoms with Crippen LogP contribution < -0.4 is 10.6 Å². The first-order valence-corrected chi connectivity index (χ1v) is 10.8. The lowest BCUT2D eigenvalue weighted by Crippen LogP contribution is -2.38. The highest BCUT2D eigenvalue weighted by Gasteiger charge is 2.35. The Hall–Kier alpha value is -4.24. The lowest BCUT2D eigenvalue weighted by atomic mass is 10.1. The molecule has 0 spiro atoms. The molecule has 0 saturated carbocycles. The highest BCUT2D eigenvalue weighted by atomic mass is 32.1. The van der Waals surface area contributed by atoms with E-state index in [4.69, 9.17) is 5.11 Å². The molecule has 0 radical (unpaired) electrons. The van der Waals surface area contributed by atoms with Gasteiger partial charge in [0, 0.05) is 10.6 Å². The number of carbonyl (C=O) groups is 4. The molecule has 0 aliphatic carbocycles. The van der Waals surface area contributed by atoms with E-state index in [0.29, 0.717) is 10.6 Å². The molecule has 33 heavy (non-hydrogen) atoms. The standard InChI is InChI=1S/C24H19N3O5S/c1-14-5-7-18(8-6-14)25-21(28)12-27-22(29)20(26-24(27)32)11-19-10-17(13-33-19)15-3-2-4-16(9-15)23(30)31/h2-11,13H,12H2,1H3,(H,25,28)(H,26,32)(H,30,31)/b20-11-. The Labute approximate surface area is 193 Å². The number of aromatic carboxylic acids is 1. The molecule has 3 N–H and O–H groups in total. The molecular formula is C24H19N3O5S. The smallest absolute Gasteiger partial charge is 0.335 e. The predicted molar refractivity (Wildman–Crippen MR) is 125 cm³/mol. The number of carbonyl (C=O) groups excluding carboxylic acids is 3. The van der Waals surface area contributed by atoms with E-state index in [9.17, 15) is 19.2 Å². The Balaban J connectivity index is 1.45. The van der Waals surface area contributed by atoms with Gasteiger partial charge in [0.15, 0.2) is 0 Å². The monoisotopic (exact) mass is 461 g/mol. The van der Waals surface area contributed by atoms with Gasteiger partial charge in [-0.05, 0) is 59.8 Å². The fourth-order valence-electron chi connectivity index (χ4n) is 3.25. The molecule has 0 unspecified atom stereocenters. The summed E-state index contributed by atoms with van der Waals surface area (Å²) >= 11 is 1.34. The third-order valence-electron chi connectivity index (χ3n) is 4.95. The first kappa shape index (κ1) is 22.0. The van der Waals surface area contributed by atoms with Crippen LogP contribution in [0, 0.1) is 6.92 Å². The number of urea groups is 1. The summed E-state index contributed by atoms with van der Waals surface area (Å²) in [6, 6.07) is 14.8. The number of benzene rings is 2. The van der Waals surface area contributed by atoms with Gasteiger partial charge in [-0.2, -0.15) is 0 Å². The second-order valence-corrected chi connectivity index (χ2v) is 8.36. The number of rotatable bonds is 6. The van der Waals surface area contributed by atoms with Crippen LogP contribution in [0.4, 0.5) is 10.5 Å². The van der Waals surface area contributed by atoms with Crippen molar-refractivity contribution in [3.05, 3.63) is 81.7 Å². The number of carboxylic acid groups (broad SMARTS) is 1. The van der Waals surface area contributed by atoms with E-state index in [0.717, 1.165) is 21.6 Å². The van der Waals surface area contributed by atoms with Crippen molar-refractivity contribution in [1.82, 2.24) is 10.2 Å². The highest BCUT2D eigenvalue weighted by molar-refractivity contribution is 7.11. The molecule has 4 amide bonds. The van der Waals surface area contributed by atoms with Crippen molar-refractivity contribution in [2.75, 3.05) is 11.9 Å². The fraction of sp³-hybridized carbons (Fsp3) is 0.0833. The van der Waals surface area contributed by atoms with Crippen LogP contribution in [0.25, 0.3) is 17.2 Å². The number of carboxylic acids is 1. The van der Waals surface area contributed by atoms with Crippen LogP contribution in [0.2, 0.25) is 0 Å². The Morgan fingerprint density at radius 1 is 1.09 bits per heavy atom. The minimum absolute atomic E-state index is 0.0656. The number of nitrogens with one attached hydrogen (secondary N) is 2. The Kier molecular flexibility index (Phi) is 6.05. The van der Waals surface area contributed by atoms with E-state index in [1.165, 1.54) is 23.5 Å². The largest absolute Gasteiger partial charge is 0.478 e. The molecule has 1 aliphatic heterocycles. The molecule has 1 aromatic heterocycles. The molecule has 8 nitrogen and oxygen atoms in total. The molecule has 1 saturated heterocycles. The normalized spacial score (nSPS) is 14.5. The van der Waals surface area contributed by atoms with E-state index in [1.54, 1.807) is 36.4 Å². The molecule has 3 aromatic rings. The van der Waals surface area contributed by atoms with Crippen molar-refractivity contribution >= 4 is 46.9 Å². The predicted octanol–water partition coefficient (Wildman–Crippen LogP) is 3.95. The van der Waals surface area contributed by atoms with Crippen LogP contribution >= 0.6 is 11.3 Å². The molecule has 4 rings (SSSR count). The molecule has 0 atom stereocenters. The van der Waals surface area contributed by atoms with Crippen LogP contribution in [-0.4, -0.2) is 40.4 Å². The summed E-state index contributed by atoms with van der Waals surface area (Å²) in [7, 11) is 0. The summed E-state index contributed by atoms with van der Waals surface area (Å²) in [5.74, 6) is -2.10. The van der Waals surface area contributed by atoms with Gasteiger partial charge in [-0.15, -0.1) is 11.3 Å². The number of hydrogen-bond donors (Lipinski definition) is 3. The van der Waals surface area contributed by atoms with E-state index in [-0.39, 0.29) is 11.3 Å². The molecule has 2 aromatic carbocycles. The summed E-state index contributed by atoms with van der Waals surface area (Å²) in [5, 5.41) is 16.2. The second-order valence-electron chi connectivity index (χ2n) is 7.42. The molecule has 2 heterocycles. The fourth-order valence-corrected chi connectivity index (χ4v) is 4.10. The maximum Gasteiger partial charge on any atom is 0.335 e. The van der Waals surface area contributed by atoms with Crippen molar-refractivity contribution in [3.63, 3.8) is 0 Å². The Bertz CT molecular complexity index is 1290. The zero-order chi connectivity index (χ0) is 23.5. The van der Waals surface area contributed by atoms with Gasteiger partial charge in [-0.3, -0.25) is 9.59 Å². The Morgan fingerprint density at radius 3 is 2.58 bits per heavy atom. The first-order chi connectivity index (χ1) is 15.8. The van der Waals surface area contributed by atoms with E-state index >= 15 is 0 Å². The average Bonchev–Trinajstić information content (AvgIpc) is 3.36. The zero-order valence-electron chi connectivity index (χ0n) is 17.5. The molecule has 1 aliphatic rings. The second kappa shape index (κ2) is 9.09. The van der Waals surface area contributed by atoms with Gasteiger partial charge >= 0.3 is 12.0 Å². The van der Waals surface area contributed by atoms with Gasteiger partial charge in [0.05, 0.1) is 5.56 Å². The van der Waals surface area contributed by atoms with E-state index < -0.39 is 30.4 Å². The van der Waals surface area contributed by atoms with Crippen molar-refractivity contribution in [1.29, 1.82) is 0 Å². The number of thiophene rings is 1. The SMILES string of the molecule is Cc1ccc(NC(=O)CN2C(=O)N/C(=C\c3cc(-c4cccc(C(=O)O)c4)cs3)C2=O)cc1. The number of anilines is 1. The maximum absolute atomic E-state index is 12.7. The quantitative estimate of drug-likeness (QED) is 0.380. The van der Waals surface area contributed by atoms with Crippen molar-refractivity contribution < 1.29 is 24.3 Å². The van der Waals surface area contributed by atoms with E-state index in [2.05, 4.69) is 10.6 Å². The number of imide groups is 1. The number of amides is 4. The molecule has 9 heteroatoms. The van der Waals surface area contributed by atoms with Gasteiger partial charge in [0.2, 0.25) is 5.91 Å². The van der Waals surface area contributed by atoms with Gasteiger partial charge in [-0.1, -0.05) is 29.8 Å². The molecule has 166 valence electrons. The molecule has 0 bridgehead atoms. The summed E-state index contributed by atoms with van der Waals surface area (Å²) in [6.45, 7) is 1.52. The average molecular weight is 461 g/mol. The van der Waals surface area contributed by atoms with Gasteiger partial charge in [0.25, 0.3) is 5.91 Å². The number of hydrogen-bond acceptors (Lipinski definition) is 5. The summed E-state index contributed by atoms with van der Waals surface area (Å²) in [6.07, 6.45) is 1.54. The minimum Gasteiger partial charge on any atom is -0.478 e. The highest BCUT2D eigenvalue weighted by Crippen LogP contribution is 2.28. The Morgan fingerprint density at radius 2 is 1.85 bits per heavy atom. The first-order valence-electron chi connectivity index (χ1n) is 9.93. The summed E-state index contributed by atoms with van der Waals surface area (Å²) < 4.78 is 0. The summed E-state index contributed by atoms with van der Waals surface area (Å²) in [4.78, 5) is 50.0. The lowest BCUT2D eigenvalue weighted by molar-refractivity contribution is -0.127. The molecular weight excluding hydrogens is 442 g/mol. The maximum atomic E-state index is 12.7. The van der Waals surface area contributed by atoms with Crippen molar-refractivity contribution in [2.45, 2.75) is 6.92 Å². The van der Waals surface area contributed by atoms with Crippen LogP contribution in [0.3, 0.4) is 0 Å². The van der Waals surface area contributed by atoms with E-state index in [1.807, 2.05) is 24.4 Å². The van der Waals surface area contributed by atoms with Crippen LogP contribution in [0.15, 0.2) is 65.7 Å². The molecule has 1 fully saturated rings. The van der Waals surface area contributed by atoms with Crippen LogP contribution in [0.5, 0.6) is 0 Å². The number of nitrogens with zero attached hydrogens (tertiary/aromatic N) is 1.